The average Bonchev–Trinajstić information content (AvgIpc) is 2.53. The second-order valence-corrected chi connectivity index (χ2v) is 6.34. The van der Waals surface area contributed by atoms with Crippen molar-refractivity contribution >= 4 is 12.1 Å². The molecule has 0 heterocycles. The topological polar surface area (TPSA) is 75.6 Å². The highest BCUT2D eigenvalue weighted by atomic mass is 16.5. The van der Waals surface area contributed by atoms with Gasteiger partial charge in [-0.25, -0.2) is 4.79 Å². The van der Waals surface area contributed by atoms with E-state index in [1.54, 1.807) is 0 Å². The molecule has 0 aromatic heterocycles. The van der Waals surface area contributed by atoms with Crippen LogP contribution in [0.2, 0.25) is 0 Å². The normalized spacial score (nSPS) is 22.1. The van der Waals surface area contributed by atoms with E-state index >= 15 is 0 Å². The van der Waals surface area contributed by atoms with Gasteiger partial charge in [0.05, 0.1) is 6.42 Å². The summed E-state index contributed by atoms with van der Waals surface area (Å²) >= 11 is 0. The Morgan fingerprint density at radius 3 is 2.61 bits per heavy atom. The number of carboxylic acids is 1. The van der Waals surface area contributed by atoms with Gasteiger partial charge in [-0.15, -0.1) is 0 Å². The maximum absolute atomic E-state index is 12.0. The van der Waals surface area contributed by atoms with Crippen molar-refractivity contribution in [1.29, 1.82) is 0 Å². The van der Waals surface area contributed by atoms with Gasteiger partial charge in [-0.1, -0.05) is 56.5 Å². The van der Waals surface area contributed by atoms with Gasteiger partial charge in [0.1, 0.15) is 6.61 Å². The maximum atomic E-state index is 12.0. The molecule has 2 N–H and O–H groups in total. The van der Waals surface area contributed by atoms with Gasteiger partial charge in [-0.05, 0) is 23.8 Å². The predicted molar refractivity (Wildman–Crippen MR) is 86.9 cm³/mol. The Bertz CT molecular complexity index is 517. The minimum atomic E-state index is -0.892. The van der Waals surface area contributed by atoms with Gasteiger partial charge >= 0.3 is 12.1 Å². The van der Waals surface area contributed by atoms with E-state index < -0.39 is 12.1 Å². The van der Waals surface area contributed by atoms with Crippen LogP contribution in [0.15, 0.2) is 30.3 Å². The van der Waals surface area contributed by atoms with Gasteiger partial charge in [-0.2, -0.15) is 0 Å². The molecule has 0 saturated heterocycles. The molecule has 0 radical (unpaired) electrons. The smallest absolute Gasteiger partial charge is 0.407 e. The van der Waals surface area contributed by atoms with Crippen molar-refractivity contribution in [3.63, 3.8) is 0 Å². The summed E-state index contributed by atoms with van der Waals surface area (Å²) in [5.41, 5.74) is 0.906. The van der Waals surface area contributed by atoms with E-state index in [-0.39, 0.29) is 25.0 Å². The first-order valence-corrected chi connectivity index (χ1v) is 8.25. The van der Waals surface area contributed by atoms with Crippen molar-refractivity contribution in [2.75, 3.05) is 0 Å². The van der Waals surface area contributed by atoms with E-state index in [2.05, 4.69) is 12.2 Å². The van der Waals surface area contributed by atoms with Crippen molar-refractivity contribution in [2.45, 2.75) is 51.7 Å². The minimum Gasteiger partial charge on any atom is -0.481 e. The highest BCUT2D eigenvalue weighted by Crippen LogP contribution is 2.33. The van der Waals surface area contributed by atoms with E-state index in [1.165, 1.54) is 6.42 Å². The monoisotopic (exact) mass is 319 g/mol. The molecule has 1 fully saturated rings. The number of carbonyl (C=O) groups is 2. The van der Waals surface area contributed by atoms with E-state index in [9.17, 15) is 9.59 Å². The number of carbonyl (C=O) groups excluding carboxylic acids is 1. The van der Waals surface area contributed by atoms with Gasteiger partial charge in [0.15, 0.2) is 0 Å². The number of hydrogen-bond acceptors (Lipinski definition) is 3. The van der Waals surface area contributed by atoms with Crippen LogP contribution in [0.25, 0.3) is 0 Å². The molecule has 3 atom stereocenters. The molecular formula is C18H25NO4. The van der Waals surface area contributed by atoms with Crippen LogP contribution in [0.5, 0.6) is 0 Å². The molecule has 0 bridgehead atoms. The molecule has 2 unspecified atom stereocenters. The lowest BCUT2D eigenvalue weighted by Crippen LogP contribution is -2.45. The molecule has 1 aliphatic rings. The molecule has 5 heteroatoms. The Morgan fingerprint density at radius 2 is 1.96 bits per heavy atom. The second-order valence-electron chi connectivity index (χ2n) is 6.34. The molecule has 1 aromatic carbocycles. The Morgan fingerprint density at radius 1 is 1.26 bits per heavy atom. The number of nitrogens with one attached hydrogen (secondary N) is 1. The highest BCUT2D eigenvalue weighted by Gasteiger charge is 2.32. The predicted octanol–water partition coefficient (Wildman–Crippen LogP) is 3.58. The number of carboxylic acid groups (broad SMARTS) is 1. The lowest BCUT2D eigenvalue weighted by Gasteiger charge is -2.34. The maximum Gasteiger partial charge on any atom is 0.407 e. The quantitative estimate of drug-likeness (QED) is 0.840. The number of aliphatic carboxylic acids is 1. The van der Waals surface area contributed by atoms with Gasteiger partial charge in [0.2, 0.25) is 0 Å². The van der Waals surface area contributed by atoms with Gasteiger partial charge in [0, 0.05) is 6.04 Å². The molecular weight excluding hydrogens is 294 g/mol. The third-order valence-electron chi connectivity index (χ3n) is 4.61. The van der Waals surface area contributed by atoms with Gasteiger partial charge < -0.3 is 15.2 Å². The van der Waals surface area contributed by atoms with Crippen molar-refractivity contribution in [1.82, 2.24) is 5.32 Å². The van der Waals surface area contributed by atoms with Crippen LogP contribution < -0.4 is 5.32 Å². The first-order valence-electron chi connectivity index (χ1n) is 8.25. The van der Waals surface area contributed by atoms with Crippen LogP contribution in [0.1, 0.15) is 44.6 Å². The van der Waals surface area contributed by atoms with Gasteiger partial charge in [-0.3, -0.25) is 4.79 Å². The summed E-state index contributed by atoms with van der Waals surface area (Å²) in [6, 6.07) is 9.06. The number of ether oxygens (including phenoxy) is 1. The lowest BCUT2D eigenvalue weighted by molar-refractivity contribution is -0.138. The zero-order chi connectivity index (χ0) is 16.7. The summed E-state index contributed by atoms with van der Waals surface area (Å²) < 4.78 is 5.22. The van der Waals surface area contributed by atoms with E-state index in [0.717, 1.165) is 24.8 Å². The number of alkyl carbamates (subject to hydrolysis) is 1. The zero-order valence-corrected chi connectivity index (χ0v) is 13.5. The summed E-state index contributed by atoms with van der Waals surface area (Å²) in [6.45, 7) is 2.32. The van der Waals surface area contributed by atoms with Crippen LogP contribution in [0.3, 0.4) is 0 Å². The molecule has 1 amide bonds. The molecule has 1 saturated carbocycles. The second kappa shape index (κ2) is 8.56. The average molecular weight is 319 g/mol. The fourth-order valence-electron chi connectivity index (χ4n) is 3.36. The third kappa shape index (κ3) is 5.58. The zero-order valence-electron chi connectivity index (χ0n) is 13.5. The van der Waals surface area contributed by atoms with Crippen LogP contribution in [0, 0.1) is 11.8 Å². The third-order valence-corrected chi connectivity index (χ3v) is 4.61. The molecule has 5 nitrogen and oxygen atoms in total. The number of hydrogen-bond donors (Lipinski definition) is 2. The molecule has 2 rings (SSSR count). The standard InChI is InChI=1S/C18H25NO4/c1-13-7-5-6-10-15(13)16(11-17(20)21)19-18(22)23-12-14-8-3-2-4-9-14/h2-4,8-9,13,15-16H,5-7,10-12H2,1H3,(H,19,22)(H,20,21)/t13?,15?,16-/m0/s1. The minimum absolute atomic E-state index is 0.0601. The molecule has 1 aromatic rings. The largest absolute Gasteiger partial charge is 0.481 e. The van der Waals surface area contributed by atoms with Crippen molar-refractivity contribution in [2.24, 2.45) is 11.8 Å². The fraction of sp³-hybridized carbons (Fsp3) is 0.556. The number of amides is 1. The van der Waals surface area contributed by atoms with Crippen molar-refractivity contribution in [3.8, 4) is 0 Å². The van der Waals surface area contributed by atoms with Crippen LogP contribution >= 0.6 is 0 Å². The van der Waals surface area contributed by atoms with Crippen LogP contribution in [-0.2, 0) is 16.1 Å². The Balaban J connectivity index is 1.91. The van der Waals surface area contributed by atoms with E-state index in [1.807, 2.05) is 30.3 Å². The SMILES string of the molecule is CC1CCCCC1[C@H](CC(=O)O)NC(=O)OCc1ccccc1. The van der Waals surface area contributed by atoms with Crippen molar-refractivity contribution < 1.29 is 19.4 Å². The summed E-state index contributed by atoms with van der Waals surface area (Å²) in [5, 5.41) is 11.9. The summed E-state index contributed by atoms with van der Waals surface area (Å²) in [7, 11) is 0. The van der Waals surface area contributed by atoms with Crippen LogP contribution in [0.4, 0.5) is 4.79 Å². The first kappa shape index (κ1) is 17.3. The summed E-state index contributed by atoms with van der Waals surface area (Å²) in [6.07, 6.45) is 3.70. The molecule has 0 aliphatic heterocycles. The fourth-order valence-corrected chi connectivity index (χ4v) is 3.36. The summed E-state index contributed by atoms with van der Waals surface area (Å²) in [5.74, 6) is -0.275. The summed E-state index contributed by atoms with van der Waals surface area (Å²) in [4.78, 5) is 23.2. The molecule has 23 heavy (non-hydrogen) atoms. The number of benzene rings is 1. The Kier molecular flexibility index (Phi) is 6.44. The Labute approximate surface area is 137 Å². The van der Waals surface area contributed by atoms with E-state index in [4.69, 9.17) is 9.84 Å². The molecule has 126 valence electrons. The van der Waals surface area contributed by atoms with E-state index in [0.29, 0.717) is 5.92 Å². The molecule has 0 spiro atoms. The molecule has 1 aliphatic carbocycles. The number of rotatable bonds is 6. The first-order chi connectivity index (χ1) is 11.1. The van der Waals surface area contributed by atoms with Crippen LogP contribution in [-0.4, -0.2) is 23.2 Å². The lowest BCUT2D eigenvalue weighted by atomic mass is 9.75. The Hall–Kier alpha value is -2.04. The highest BCUT2D eigenvalue weighted by molar-refractivity contribution is 5.71. The van der Waals surface area contributed by atoms with Crippen molar-refractivity contribution in [3.05, 3.63) is 35.9 Å². The van der Waals surface area contributed by atoms with Gasteiger partial charge in [0.25, 0.3) is 0 Å².